The molecule has 0 radical (unpaired) electrons. The molecule has 1 unspecified atom stereocenters. The second-order valence-electron chi connectivity index (χ2n) is 6.61. The summed E-state index contributed by atoms with van der Waals surface area (Å²) < 4.78 is 5.32. The lowest BCUT2D eigenvalue weighted by Gasteiger charge is -2.15. The Morgan fingerprint density at radius 2 is 1.54 bits per heavy atom. The van der Waals surface area contributed by atoms with Crippen molar-refractivity contribution in [2.24, 2.45) is 5.73 Å². The van der Waals surface area contributed by atoms with Crippen molar-refractivity contribution in [2.75, 3.05) is 19.7 Å². The molecule has 2 rings (SSSR count). The van der Waals surface area contributed by atoms with Gasteiger partial charge in [-0.05, 0) is 29.2 Å². The largest absolute Gasteiger partial charge is 0.484 e. The molecule has 0 spiro atoms. The maximum atomic E-state index is 11.9. The first-order chi connectivity index (χ1) is 13.0. The van der Waals surface area contributed by atoms with E-state index in [1.54, 1.807) is 12.1 Å². The number of ether oxygens (including phenoxy) is 1. The molecule has 7 heteroatoms. The lowest BCUT2D eigenvalue weighted by molar-refractivity contribution is -0.127. The molecule has 28 heavy (non-hydrogen) atoms. The average Bonchev–Trinajstić information content (AvgIpc) is 2.69. The van der Waals surface area contributed by atoms with E-state index in [9.17, 15) is 9.59 Å². The lowest BCUT2D eigenvalue weighted by atomic mass is 9.99. The summed E-state index contributed by atoms with van der Waals surface area (Å²) in [5, 5.41) is 5.25. The number of carbonyl (C=O) groups excluding carboxylic acids is 2. The molecule has 2 amide bonds. The van der Waals surface area contributed by atoms with Crippen LogP contribution in [0.5, 0.6) is 5.75 Å². The van der Waals surface area contributed by atoms with E-state index >= 15 is 0 Å². The van der Waals surface area contributed by atoms with E-state index in [1.807, 2.05) is 30.3 Å². The molecule has 0 saturated carbocycles. The molecular weight excluding hydrogens is 378 g/mol. The molecule has 0 aliphatic carbocycles. The Labute approximate surface area is 172 Å². The number of rotatable bonds is 9. The second-order valence-corrected chi connectivity index (χ2v) is 6.61. The molecule has 0 aliphatic heterocycles. The monoisotopic (exact) mass is 405 g/mol. The smallest absolute Gasteiger partial charge is 0.258 e. The van der Waals surface area contributed by atoms with Crippen LogP contribution in [0, 0.1) is 0 Å². The van der Waals surface area contributed by atoms with Crippen molar-refractivity contribution < 1.29 is 14.3 Å². The SMILES string of the molecule is CC(C)c1ccc(C(N)CNC(=O)CNC(=O)COc2ccccc2)cc1.Cl. The van der Waals surface area contributed by atoms with Crippen molar-refractivity contribution in [1.82, 2.24) is 10.6 Å². The van der Waals surface area contributed by atoms with Gasteiger partial charge in [-0.15, -0.1) is 12.4 Å². The Balaban J connectivity index is 0.00000392. The number of amides is 2. The van der Waals surface area contributed by atoms with Crippen molar-refractivity contribution in [3.63, 3.8) is 0 Å². The van der Waals surface area contributed by atoms with Crippen LogP contribution in [0.2, 0.25) is 0 Å². The number of hydrogen-bond acceptors (Lipinski definition) is 4. The topological polar surface area (TPSA) is 93.5 Å². The number of carbonyl (C=O) groups is 2. The molecule has 0 aliphatic rings. The Bertz CT molecular complexity index is 736. The molecule has 0 fully saturated rings. The quantitative estimate of drug-likeness (QED) is 0.597. The van der Waals surface area contributed by atoms with Gasteiger partial charge in [0, 0.05) is 12.6 Å². The third kappa shape index (κ3) is 7.98. The minimum Gasteiger partial charge on any atom is -0.484 e. The van der Waals surface area contributed by atoms with Gasteiger partial charge in [0.05, 0.1) is 6.54 Å². The first kappa shape index (κ1) is 23.5. The summed E-state index contributed by atoms with van der Waals surface area (Å²) in [6, 6.07) is 16.8. The van der Waals surface area contributed by atoms with Gasteiger partial charge in [0.25, 0.3) is 5.91 Å². The number of para-hydroxylation sites is 1. The molecule has 2 aromatic carbocycles. The molecule has 6 nitrogen and oxygen atoms in total. The van der Waals surface area contributed by atoms with E-state index in [0.29, 0.717) is 18.2 Å². The van der Waals surface area contributed by atoms with Gasteiger partial charge in [0.1, 0.15) is 5.75 Å². The molecule has 152 valence electrons. The van der Waals surface area contributed by atoms with Gasteiger partial charge < -0.3 is 21.1 Å². The van der Waals surface area contributed by atoms with E-state index in [-0.39, 0.29) is 43.4 Å². The van der Waals surface area contributed by atoms with Gasteiger partial charge in [0.15, 0.2) is 6.61 Å². The minimum absolute atomic E-state index is 0. The molecule has 0 saturated heterocycles. The van der Waals surface area contributed by atoms with Crippen molar-refractivity contribution in [2.45, 2.75) is 25.8 Å². The van der Waals surface area contributed by atoms with Crippen molar-refractivity contribution in [3.05, 3.63) is 65.7 Å². The van der Waals surface area contributed by atoms with E-state index < -0.39 is 0 Å². The van der Waals surface area contributed by atoms with E-state index in [1.165, 1.54) is 5.56 Å². The van der Waals surface area contributed by atoms with Crippen LogP contribution < -0.4 is 21.1 Å². The van der Waals surface area contributed by atoms with Crippen LogP contribution in [0.3, 0.4) is 0 Å². The zero-order valence-corrected chi connectivity index (χ0v) is 17.0. The molecule has 0 bridgehead atoms. The van der Waals surface area contributed by atoms with Crippen molar-refractivity contribution in [3.8, 4) is 5.75 Å². The van der Waals surface area contributed by atoms with Crippen molar-refractivity contribution in [1.29, 1.82) is 0 Å². The summed E-state index contributed by atoms with van der Waals surface area (Å²) in [5.74, 6) is 0.413. The van der Waals surface area contributed by atoms with Crippen LogP contribution in [0.15, 0.2) is 54.6 Å². The second kappa shape index (κ2) is 12.0. The summed E-state index contributed by atoms with van der Waals surface area (Å²) in [6.07, 6.45) is 0. The predicted molar refractivity (Wildman–Crippen MR) is 113 cm³/mol. The number of benzene rings is 2. The van der Waals surface area contributed by atoms with Crippen molar-refractivity contribution >= 4 is 24.2 Å². The summed E-state index contributed by atoms with van der Waals surface area (Å²) in [7, 11) is 0. The van der Waals surface area contributed by atoms with Gasteiger partial charge in [0.2, 0.25) is 5.91 Å². The van der Waals surface area contributed by atoms with Crippen LogP contribution in [0.25, 0.3) is 0 Å². The predicted octanol–water partition coefficient (Wildman–Crippen LogP) is 2.54. The van der Waals surface area contributed by atoms with Gasteiger partial charge in [-0.2, -0.15) is 0 Å². The number of hydrogen-bond donors (Lipinski definition) is 3. The highest BCUT2D eigenvalue weighted by atomic mass is 35.5. The summed E-state index contributed by atoms with van der Waals surface area (Å²) >= 11 is 0. The van der Waals surface area contributed by atoms with Gasteiger partial charge in [-0.25, -0.2) is 0 Å². The summed E-state index contributed by atoms with van der Waals surface area (Å²) in [4.78, 5) is 23.6. The highest BCUT2D eigenvalue weighted by molar-refractivity contribution is 5.85. The first-order valence-corrected chi connectivity index (χ1v) is 9.02. The van der Waals surface area contributed by atoms with Crippen LogP contribution in [-0.2, 0) is 9.59 Å². The normalized spacial score (nSPS) is 11.3. The maximum Gasteiger partial charge on any atom is 0.258 e. The first-order valence-electron chi connectivity index (χ1n) is 9.02. The molecule has 0 aromatic heterocycles. The fraction of sp³-hybridized carbons (Fsp3) is 0.333. The Hall–Kier alpha value is -2.57. The Morgan fingerprint density at radius 3 is 2.14 bits per heavy atom. The number of nitrogens with one attached hydrogen (secondary N) is 2. The van der Waals surface area contributed by atoms with E-state index in [4.69, 9.17) is 10.5 Å². The molecule has 1 atom stereocenters. The summed E-state index contributed by atoms with van der Waals surface area (Å²) in [5.41, 5.74) is 8.32. The zero-order valence-electron chi connectivity index (χ0n) is 16.2. The van der Waals surface area contributed by atoms with Crippen LogP contribution in [0.1, 0.15) is 36.9 Å². The third-order valence-corrected chi connectivity index (χ3v) is 4.11. The highest BCUT2D eigenvalue weighted by Gasteiger charge is 2.10. The van der Waals surface area contributed by atoms with Crippen LogP contribution in [0.4, 0.5) is 0 Å². The fourth-order valence-electron chi connectivity index (χ4n) is 2.43. The lowest BCUT2D eigenvalue weighted by Crippen LogP contribution is -2.41. The van der Waals surface area contributed by atoms with Gasteiger partial charge in [-0.1, -0.05) is 56.3 Å². The minimum atomic E-state index is -0.359. The fourth-order valence-corrected chi connectivity index (χ4v) is 2.43. The van der Waals surface area contributed by atoms with Crippen LogP contribution in [-0.4, -0.2) is 31.5 Å². The van der Waals surface area contributed by atoms with Gasteiger partial charge >= 0.3 is 0 Å². The Morgan fingerprint density at radius 1 is 0.929 bits per heavy atom. The third-order valence-electron chi connectivity index (χ3n) is 4.11. The average molecular weight is 406 g/mol. The standard InChI is InChI=1S/C21H27N3O3.ClH/c1-15(2)16-8-10-17(11-9-16)19(22)12-23-20(25)13-24-21(26)14-27-18-6-4-3-5-7-18;/h3-11,15,19H,12-14,22H2,1-2H3,(H,23,25)(H,24,26);1H. The Kier molecular flexibility index (Phi) is 10.1. The van der Waals surface area contributed by atoms with Gasteiger partial charge in [-0.3, -0.25) is 9.59 Å². The number of nitrogens with two attached hydrogens (primary N) is 1. The number of halogens is 1. The zero-order chi connectivity index (χ0) is 19.6. The van der Waals surface area contributed by atoms with E-state index in [2.05, 4.69) is 36.6 Å². The molecule has 2 aromatic rings. The molecule has 4 N–H and O–H groups in total. The molecule has 0 heterocycles. The highest BCUT2D eigenvalue weighted by Crippen LogP contribution is 2.17. The maximum absolute atomic E-state index is 11.9. The molecular formula is C21H28ClN3O3. The summed E-state index contributed by atoms with van der Waals surface area (Å²) in [6.45, 7) is 4.31. The van der Waals surface area contributed by atoms with Crippen LogP contribution >= 0.6 is 12.4 Å². The van der Waals surface area contributed by atoms with E-state index in [0.717, 1.165) is 5.56 Å².